The predicted molar refractivity (Wildman–Crippen MR) is 79.6 cm³/mol. The Morgan fingerprint density at radius 3 is 2.70 bits per heavy atom. The summed E-state index contributed by atoms with van der Waals surface area (Å²) in [6.45, 7) is 1.69. The highest BCUT2D eigenvalue weighted by Gasteiger charge is 2.29. The molecule has 1 N–H and O–H groups in total. The SMILES string of the molecule is CC(C(=O)Nc1ccccc1C#N)S(=O)C1CCCC1. The van der Waals surface area contributed by atoms with Crippen molar-refractivity contribution in [1.82, 2.24) is 0 Å². The van der Waals surface area contributed by atoms with Gasteiger partial charge in [-0.15, -0.1) is 0 Å². The average Bonchev–Trinajstić information content (AvgIpc) is 3.00. The first-order valence-corrected chi connectivity index (χ1v) is 8.10. The molecular formula is C15H18N2O2S. The molecule has 0 heterocycles. The molecule has 0 bridgehead atoms. The van der Waals surface area contributed by atoms with Crippen molar-refractivity contribution in [2.75, 3.05) is 5.32 Å². The van der Waals surface area contributed by atoms with Crippen LogP contribution in [-0.4, -0.2) is 20.6 Å². The number of hydrogen-bond acceptors (Lipinski definition) is 3. The zero-order chi connectivity index (χ0) is 14.5. The molecule has 0 aliphatic heterocycles. The molecule has 0 saturated heterocycles. The molecule has 1 aliphatic carbocycles. The third-order valence-electron chi connectivity index (χ3n) is 3.65. The number of carbonyl (C=O) groups is 1. The van der Waals surface area contributed by atoms with Gasteiger partial charge >= 0.3 is 0 Å². The Morgan fingerprint density at radius 1 is 1.40 bits per heavy atom. The van der Waals surface area contributed by atoms with Crippen molar-refractivity contribution < 1.29 is 9.00 Å². The lowest BCUT2D eigenvalue weighted by Gasteiger charge is -2.16. The minimum atomic E-state index is -1.15. The Balaban J connectivity index is 2.04. The molecule has 5 heteroatoms. The highest BCUT2D eigenvalue weighted by Crippen LogP contribution is 2.25. The number of rotatable bonds is 4. The number of benzene rings is 1. The molecule has 2 unspecified atom stereocenters. The topological polar surface area (TPSA) is 70.0 Å². The Kier molecular flexibility index (Phi) is 4.91. The molecule has 20 heavy (non-hydrogen) atoms. The monoisotopic (exact) mass is 290 g/mol. The average molecular weight is 290 g/mol. The number of nitriles is 1. The minimum Gasteiger partial charge on any atom is -0.324 e. The Morgan fingerprint density at radius 2 is 2.05 bits per heavy atom. The third-order valence-corrected chi connectivity index (χ3v) is 5.69. The standard InChI is InChI=1S/C15H18N2O2S/c1-11(20(19)13-7-3-4-8-13)15(18)17-14-9-5-2-6-12(14)10-16/h2,5-6,9,11,13H,3-4,7-8H2,1H3,(H,17,18). The van der Waals surface area contributed by atoms with Gasteiger partial charge in [0.15, 0.2) is 0 Å². The normalized spacial score (nSPS) is 18.2. The second-order valence-corrected chi connectivity index (χ2v) is 7.05. The van der Waals surface area contributed by atoms with Crippen LogP contribution in [0.1, 0.15) is 38.2 Å². The lowest BCUT2D eigenvalue weighted by Crippen LogP contribution is -2.33. The van der Waals surface area contributed by atoms with E-state index in [9.17, 15) is 9.00 Å². The van der Waals surface area contributed by atoms with Gasteiger partial charge in [-0.25, -0.2) is 0 Å². The molecule has 106 valence electrons. The second-order valence-electron chi connectivity index (χ2n) is 5.02. The highest BCUT2D eigenvalue weighted by atomic mass is 32.2. The van der Waals surface area contributed by atoms with Gasteiger partial charge in [-0.2, -0.15) is 5.26 Å². The largest absolute Gasteiger partial charge is 0.324 e. The van der Waals surface area contributed by atoms with E-state index in [1.807, 2.05) is 6.07 Å². The van der Waals surface area contributed by atoms with Crippen molar-refractivity contribution >= 4 is 22.4 Å². The molecule has 1 saturated carbocycles. The Hall–Kier alpha value is -1.67. The van der Waals surface area contributed by atoms with E-state index in [4.69, 9.17) is 5.26 Å². The molecule has 0 spiro atoms. The van der Waals surface area contributed by atoms with Crippen LogP contribution in [0.25, 0.3) is 0 Å². The molecule has 1 fully saturated rings. The van der Waals surface area contributed by atoms with Gasteiger partial charge in [0.25, 0.3) is 0 Å². The van der Waals surface area contributed by atoms with E-state index >= 15 is 0 Å². The third kappa shape index (κ3) is 3.26. The summed E-state index contributed by atoms with van der Waals surface area (Å²) in [6, 6.07) is 8.87. The molecule has 1 aromatic carbocycles. The van der Waals surface area contributed by atoms with Gasteiger partial charge in [-0.05, 0) is 31.9 Å². The van der Waals surface area contributed by atoms with Crippen LogP contribution in [0.3, 0.4) is 0 Å². The fourth-order valence-electron chi connectivity index (χ4n) is 2.44. The van der Waals surface area contributed by atoms with Crippen LogP contribution in [0.4, 0.5) is 5.69 Å². The summed E-state index contributed by atoms with van der Waals surface area (Å²) in [5, 5.41) is 11.3. The molecule has 2 atom stereocenters. The minimum absolute atomic E-state index is 0.141. The van der Waals surface area contributed by atoms with Crippen molar-refractivity contribution in [2.24, 2.45) is 0 Å². The summed E-state index contributed by atoms with van der Waals surface area (Å²) in [6.07, 6.45) is 4.09. The first-order chi connectivity index (χ1) is 9.63. The maximum atomic E-state index is 12.3. The van der Waals surface area contributed by atoms with Crippen LogP contribution in [0.15, 0.2) is 24.3 Å². The molecular weight excluding hydrogens is 272 g/mol. The van der Waals surface area contributed by atoms with Crippen LogP contribution in [0.2, 0.25) is 0 Å². The van der Waals surface area contributed by atoms with Crippen LogP contribution < -0.4 is 5.32 Å². The zero-order valence-electron chi connectivity index (χ0n) is 11.5. The first kappa shape index (κ1) is 14.7. The lowest BCUT2D eigenvalue weighted by molar-refractivity contribution is -0.115. The van der Waals surface area contributed by atoms with Crippen molar-refractivity contribution in [2.45, 2.75) is 43.1 Å². The summed E-state index contributed by atoms with van der Waals surface area (Å²) in [4.78, 5) is 12.2. The summed E-state index contributed by atoms with van der Waals surface area (Å²) >= 11 is 0. The van der Waals surface area contributed by atoms with Crippen molar-refractivity contribution in [3.8, 4) is 6.07 Å². The predicted octanol–water partition coefficient (Wildman–Crippen LogP) is 2.58. The fourth-order valence-corrected chi connectivity index (χ4v) is 4.08. The maximum Gasteiger partial charge on any atom is 0.239 e. The van der Waals surface area contributed by atoms with Crippen LogP contribution in [0.5, 0.6) is 0 Å². The first-order valence-electron chi connectivity index (χ1n) is 6.83. The quantitative estimate of drug-likeness (QED) is 0.926. The molecule has 4 nitrogen and oxygen atoms in total. The number of nitrogens with one attached hydrogen (secondary N) is 1. The van der Waals surface area contributed by atoms with Gasteiger partial charge in [0.2, 0.25) is 5.91 Å². The number of carbonyl (C=O) groups excluding carboxylic acids is 1. The molecule has 0 aromatic heterocycles. The summed E-state index contributed by atoms with van der Waals surface area (Å²) in [7, 11) is -1.15. The molecule has 2 rings (SSSR count). The molecule has 0 radical (unpaired) electrons. The van der Waals surface area contributed by atoms with Crippen LogP contribution in [0, 0.1) is 11.3 Å². The number of hydrogen-bond donors (Lipinski definition) is 1. The van der Waals surface area contributed by atoms with E-state index < -0.39 is 16.0 Å². The zero-order valence-corrected chi connectivity index (χ0v) is 12.3. The van der Waals surface area contributed by atoms with Crippen molar-refractivity contribution in [3.05, 3.63) is 29.8 Å². The van der Waals surface area contributed by atoms with Crippen LogP contribution >= 0.6 is 0 Å². The lowest BCUT2D eigenvalue weighted by atomic mass is 10.2. The maximum absolute atomic E-state index is 12.3. The molecule has 1 aromatic rings. The fraction of sp³-hybridized carbons (Fsp3) is 0.467. The molecule has 1 amide bonds. The van der Waals surface area contributed by atoms with E-state index in [2.05, 4.69) is 5.32 Å². The van der Waals surface area contributed by atoms with Gasteiger partial charge in [-0.3, -0.25) is 9.00 Å². The van der Waals surface area contributed by atoms with E-state index in [0.29, 0.717) is 11.3 Å². The smallest absolute Gasteiger partial charge is 0.239 e. The number of nitrogens with zero attached hydrogens (tertiary/aromatic N) is 1. The van der Waals surface area contributed by atoms with Gasteiger partial charge in [-0.1, -0.05) is 25.0 Å². The van der Waals surface area contributed by atoms with E-state index in [1.165, 1.54) is 0 Å². The highest BCUT2D eigenvalue weighted by molar-refractivity contribution is 7.87. The van der Waals surface area contributed by atoms with Gasteiger partial charge < -0.3 is 5.32 Å². The van der Waals surface area contributed by atoms with E-state index in [0.717, 1.165) is 25.7 Å². The van der Waals surface area contributed by atoms with Crippen molar-refractivity contribution in [1.29, 1.82) is 5.26 Å². The number of anilines is 1. The van der Waals surface area contributed by atoms with Gasteiger partial charge in [0.1, 0.15) is 11.3 Å². The van der Waals surface area contributed by atoms with E-state index in [-0.39, 0.29) is 11.2 Å². The Bertz CT molecular complexity index is 559. The second kappa shape index (κ2) is 6.67. The summed E-state index contributed by atoms with van der Waals surface area (Å²) in [5.41, 5.74) is 0.898. The van der Waals surface area contributed by atoms with E-state index in [1.54, 1.807) is 31.2 Å². The number of para-hydroxylation sites is 1. The summed E-state index contributed by atoms with van der Waals surface area (Å²) in [5.74, 6) is -0.280. The van der Waals surface area contributed by atoms with Gasteiger partial charge in [0.05, 0.1) is 11.3 Å². The summed E-state index contributed by atoms with van der Waals surface area (Å²) < 4.78 is 12.3. The van der Waals surface area contributed by atoms with Crippen molar-refractivity contribution in [3.63, 3.8) is 0 Å². The van der Waals surface area contributed by atoms with Gasteiger partial charge in [0, 0.05) is 16.0 Å². The van der Waals surface area contributed by atoms with Crippen LogP contribution in [-0.2, 0) is 15.6 Å². The number of amides is 1. The Labute approximate surface area is 121 Å². The molecule has 1 aliphatic rings.